The molecule has 3 nitrogen and oxygen atoms in total. The van der Waals surface area contributed by atoms with Crippen molar-refractivity contribution in [3.63, 3.8) is 0 Å². The lowest BCUT2D eigenvalue weighted by Crippen LogP contribution is -2.28. The van der Waals surface area contributed by atoms with Crippen molar-refractivity contribution in [3.8, 4) is 11.5 Å². The van der Waals surface area contributed by atoms with E-state index in [-0.39, 0.29) is 5.41 Å². The van der Waals surface area contributed by atoms with Crippen LogP contribution in [0.5, 0.6) is 11.5 Å². The SMILES string of the molecule is CCc1cc(C(C)(C)c2ccc(O)c(C/C=C/C=C3\C(=C(/C)O)C(C)C3C)c2)ccc1O. The molecule has 1 aliphatic carbocycles. The summed E-state index contributed by atoms with van der Waals surface area (Å²) in [6, 6.07) is 11.6. The van der Waals surface area contributed by atoms with Crippen molar-refractivity contribution in [1.29, 1.82) is 0 Å². The van der Waals surface area contributed by atoms with Crippen molar-refractivity contribution < 1.29 is 15.3 Å². The third-order valence-corrected chi connectivity index (χ3v) is 7.13. The smallest absolute Gasteiger partial charge is 0.119 e. The molecule has 0 aromatic heterocycles. The molecule has 2 unspecified atom stereocenters. The number of aliphatic hydroxyl groups is 1. The Morgan fingerprint density at radius 1 is 0.938 bits per heavy atom. The Hall–Kier alpha value is -2.94. The number of phenols is 2. The molecule has 2 aromatic rings. The molecular formula is C29H36O3. The van der Waals surface area contributed by atoms with Gasteiger partial charge in [-0.15, -0.1) is 0 Å². The summed E-state index contributed by atoms with van der Waals surface area (Å²) in [6.45, 7) is 12.4. The van der Waals surface area contributed by atoms with Crippen molar-refractivity contribution >= 4 is 0 Å². The van der Waals surface area contributed by atoms with Crippen LogP contribution in [-0.2, 0) is 18.3 Å². The summed E-state index contributed by atoms with van der Waals surface area (Å²) < 4.78 is 0. The second kappa shape index (κ2) is 9.28. The van der Waals surface area contributed by atoms with Crippen LogP contribution in [0.4, 0.5) is 0 Å². The third-order valence-electron chi connectivity index (χ3n) is 7.13. The lowest BCUT2D eigenvalue weighted by Gasteiger charge is -2.38. The Labute approximate surface area is 192 Å². The first-order valence-electron chi connectivity index (χ1n) is 11.5. The topological polar surface area (TPSA) is 60.7 Å². The van der Waals surface area contributed by atoms with Gasteiger partial charge in [-0.3, -0.25) is 0 Å². The normalized spacial score (nSPS) is 21.8. The monoisotopic (exact) mass is 432 g/mol. The molecular weight excluding hydrogens is 396 g/mol. The molecule has 3 N–H and O–H groups in total. The summed E-state index contributed by atoms with van der Waals surface area (Å²) in [5.74, 6) is 1.85. The highest BCUT2D eigenvalue weighted by atomic mass is 16.3. The van der Waals surface area contributed by atoms with Gasteiger partial charge in [0.1, 0.15) is 11.5 Å². The van der Waals surface area contributed by atoms with E-state index >= 15 is 0 Å². The minimum atomic E-state index is -0.262. The van der Waals surface area contributed by atoms with E-state index in [4.69, 9.17) is 0 Å². The van der Waals surface area contributed by atoms with E-state index in [0.29, 0.717) is 35.5 Å². The predicted molar refractivity (Wildman–Crippen MR) is 132 cm³/mol. The molecule has 1 fully saturated rings. The van der Waals surface area contributed by atoms with E-state index in [2.05, 4.69) is 52.0 Å². The lowest BCUT2D eigenvalue weighted by atomic mass is 9.66. The van der Waals surface area contributed by atoms with Crippen molar-refractivity contribution in [1.82, 2.24) is 0 Å². The number of hydrogen-bond acceptors (Lipinski definition) is 3. The third kappa shape index (κ3) is 4.48. The first-order valence-corrected chi connectivity index (χ1v) is 11.5. The summed E-state index contributed by atoms with van der Waals surface area (Å²) >= 11 is 0. The van der Waals surface area contributed by atoms with Crippen LogP contribution in [0.15, 0.2) is 71.5 Å². The van der Waals surface area contributed by atoms with Crippen LogP contribution in [0.1, 0.15) is 63.8 Å². The zero-order valence-electron chi connectivity index (χ0n) is 20.1. The molecule has 32 heavy (non-hydrogen) atoms. The average molecular weight is 433 g/mol. The van der Waals surface area contributed by atoms with Gasteiger partial charge in [-0.1, -0.05) is 77.1 Å². The second-order valence-electron chi connectivity index (χ2n) is 9.50. The van der Waals surface area contributed by atoms with Crippen LogP contribution in [0.3, 0.4) is 0 Å². The first kappa shape index (κ1) is 23.7. The highest BCUT2D eigenvalue weighted by Gasteiger charge is 2.35. The fraction of sp³-hybridized carbons (Fsp3) is 0.379. The van der Waals surface area contributed by atoms with Gasteiger partial charge in [-0.05, 0) is 77.1 Å². The molecule has 0 aliphatic heterocycles. The Morgan fingerprint density at radius 2 is 1.50 bits per heavy atom. The van der Waals surface area contributed by atoms with Gasteiger partial charge >= 0.3 is 0 Å². The molecule has 170 valence electrons. The van der Waals surface area contributed by atoms with Gasteiger partial charge in [0.05, 0.1) is 5.76 Å². The van der Waals surface area contributed by atoms with Crippen LogP contribution >= 0.6 is 0 Å². The Morgan fingerprint density at radius 3 is 2.06 bits per heavy atom. The van der Waals surface area contributed by atoms with Crippen LogP contribution in [0.2, 0.25) is 0 Å². The summed E-state index contributed by atoms with van der Waals surface area (Å²) in [7, 11) is 0. The highest BCUT2D eigenvalue weighted by Crippen LogP contribution is 2.46. The van der Waals surface area contributed by atoms with Gasteiger partial charge in [0.25, 0.3) is 0 Å². The molecule has 0 amide bonds. The fourth-order valence-electron chi connectivity index (χ4n) is 4.64. The molecule has 0 spiro atoms. The molecule has 1 aliphatic rings. The summed E-state index contributed by atoms with van der Waals surface area (Å²) in [5, 5.41) is 30.4. The molecule has 3 rings (SSSR count). The molecule has 0 heterocycles. The van der Waals surface area contributed by atoms with E-state index in [0.717, 1.165) is 34.2 Å². The number of phenolic OH excluding ortho intramolecular Hbond substituents is 2. The van der Waals surface area contributed by atoms with Crippen molar-refractivity contribution in [3.05, 3.63) is 93.8 Å². The van der Waals surface area contributed by atoms with Crippen molar-refractivity contribution in [2.45, 2.75) is 59.8 Å². The lowest BCUT2D eigenvalue weighted by molar-refractivity contribution is 0.351. The van der Waals surface area contributed by atoms with Crippen LogP contribution < -0.4 is 0 Å². The fourth-order valence-corrected chi connectivity index (χ4v) is 4.64. The first-order chi connectivity index (χ1) is 15.1. The van der Waals surface area contributed by atoms with E-state index in [1.54, 1.807) is 19.1 Å². The minimum Gasteiger partial charge on any atom is -0.512 e. The van der Waals surface area contributed by atoms with Crippen LogP contribution in [0.25, 0.3) is 0 Å². The Balaban J connectivity index is 1.83. The predicted octanol–water partition coefficient (Wildman–Crippen LogP) is 7.13. The zero-order valence-corrected chi connectivity index (χ0v) is 20.1. The van der Waals surface area contributed by atoms with Gasteiger partial charge in [0.15, 0.2) is 0 Å². The number of benzene rings is 2. The zero-order chi connectivity index (χ0) is 23.6. The maximum absolute atomic E-state index is 10.4. The van der Waals surface area contributed by atoms with Gasteiger partial charge < -0.3 is 15.3 Å². The molecule has 3 heteroatoms. The number of rotatable bonds is 6. The molecule has 0 saturated heterocycles. The minimum absolute atomic E-state index is 0.262. The van der Waals surface area contributed by atoms with Gasteiger partial charge in [-0.25, -0.2) is 0 Å². The maximum Gasteiger partial charge on any atom is 0.119 e. The van der Waals surface area contributed by atoms with E-state index in [1.165, 1.54) is 5.57 Å². The number of aromatic hydroxyl groups is 2. The summed E-state index contributed by atoms with van der Waals surface area (Å²) in [6.07, 6.45) is 7.55. The summed E-state index contributed by atoms with van der Waals surface area (Å²) in [5.41, 5.74) is 6.05. The number of hydrogen-bond donors (Lipinski definition) is 3. The van der Waals surface area contributed by atoms with E-state index < -0.39 is 0 Å². The van der Waals surface area contributed by atoms with E-state index in [9.17, 15) is 15.3 Å². The molecule has 2 atom stereocenters. The van der Waals surface area contributed by atoms with Crippen LogP contribution in [-0.4, -0.2) is 15.3 Å². The molecule has 2 aromatic carbocycles. The van der Waals surface area contributed by atoms with Crippen molar-refractivity contribution in [2.24, 2.45) is 11.8 Å². The largest absolute Gasteiger partial charge is 0.512 e. The van der Waals surface area contributed by atoms with Crippen molar-refractivity contribution in [2.75, 3.05) is 0 Å². The van der Waals surface area contributed by atoms with Gasteiger partial charge in [-0.2, -0.15) is 0 Å². The Kier molecular flexibility index (Phi) is 6.88. The number of aliphatic hydroxyl groups excluding tert-OH is 1. The maximum atomic E-state index is 10.4. The van der Waals surface area contributed by atoms with Crippen LogP contribution in [0, 0.1) is 11.8 Å². The van der Waals surface area contributed by atoms with Gasteiger partial charge in [0, 0.05) is 5.41 Å². The number of aryl methyl sites for hydroxylation is 1. The van der Waals surface area contributed by atoms with Gasteiger partial charge in [0.2, 0.25) is 0 Å². The number of allylic oxidation sites excluding steroid dienone is 6. The molecule has 0 radical (unpaired) electrons. The Bertz CT molecular complexity index is 1080. The standard InChI is InChI=1S/C29H36O3/c1-7-21-16-23(12-14-26(21)31)29(5,6)24-13-15-27(32)22(17-24)10-8-9-11-25-18(2)19(3)28(25)20(4)30/h8-9,11-19,30-32H,7,10H2,1-6H3/b9-8+,25-11-,28-20+. The van der Waals surface area contributed by atoms with E-state index in [1.807, 2.05) is 25.1 Å². The molecule has 0 bridgehead atoms. The average Bonchev–Trinajstić information content (AvgIpc) is 2.76. The quantitative estimate of drug-likeness (QED) is 0.426. The summed E-state index contributed by atoms with van der Waals surface area (Å²) in [4.78, 5) is 0. The molecule has 1 saturated carbocycles. The second-order valence-corrected chi connectivity index (χ2v) is 9.50. The highest BCUT2D eigenvalue weighted by molar-refractivity contribution is 5.49.